The zero-order chi connectivity index (χ0) is 36.9. The Kier molecular flexibility index (Phi) is 11.0. The molecule has 0 saturated heterocycles. The molecule has 0 aliphatic carbocycles. The maximum absolute atomic E-state index is 5.29. The van der Waals surface area contributed by atoms with Gasteiger partial charge in [-0.2, -0.15) is 60.7 Å². The first-order valence-electron chi connectivity index (χ1n) is 18.6. The van der Waals surface area contributed by atoms with Crippen molar-refractivity contribution in [1.82, 2.24) is 9.97 Å². The summed E-state index contributed by atoms with van der Waals surface area (Å²) in [6.45, 7) is 0. The minimum absolute atomic E-state index is 0. The molecule has 3 heteroatoms. The SMILES string of the molecule is [U+2].[c-]1ccccc1C(c1[c-]cccc1)(c1ccccc1)c1ccccc1-c1ccccc1-c1cc(-c2ccc(-c3ccccc3)cc2)nc(-c2ccccc2)n1. The summed E-state index contributed by atoms with van der Waals surface area (Å²) in [5.74, 6) is 0.680. The van der Waals surface area contributed by atoms with Crippen LogP contribution in [0.3, 0.4) is 0 Å². The number of rotatable bonds is 9. The van der Waals surface area contributed by atoms with E-state index in [0.717, 1.165) is 67.0 Å². The van der Waals surface area contributed by atoms with Gasteiger partial charge in [-0.05, 0) is 39.4 Å². The van der Waals surface area contributed by atoms with E-state index in [-0.39, 0.29) is 31.1 Å². The van der Waals surface area contributed by atoms with Gasteiger partial charge < -0.3 is 0 Å². The Morgan fingerprint density at radius 2 is 0.821 bits per heavy atom. The van der Waals surface area contributed by atoms with Gasteiger partial charge in [0.05, 0.1) is 11.4 Å². The maximum atomic E-state index is 5.29. The van der Waals surface area contributed by atoms with Crippen molar-refractivity contribution in [2.45, 2.75) is 5.41 Å². The van der Waals surface area contributed by atoms with Gasteiger partial charge in [0.25, 0.3) is 0 Å². The van der Waals surface area contributed by atoms with Gasteiger partial charge in [-0.3, -0.25) is 0 Å². The predicted molar refractivity (Wildman–Crippen MR) is 225 cm³/mol. The van der Waals surface area contributed by atoms with Gasteiger partial charge in [0.2, 0.25) is 0 Å². The second kappa shape index (κ2) is 16.7. The average molecular weight is 939 g/mol. The number of benzene rings is 8. The second-order valence-corrected chi connectivity index (χ2v) is 13.5. The van der Waals surface area contributed by atoms with Crippen LogP contribution in [0.2, 0.25) is 0 Å². The Hall–Kier alpha value is -6.11. The van der Waals surface area contributed by atoms with Crippen molar-refractivity contribution >= 4 is 0 Å². The molecule has 8 aromatic carbocycles. The topological polar surface area (TPSA) is 25.8 Å². The van der Waals surface area contributed by atoms with Crippen molar-refractivity contribution < 1.29 is 31.1 Å². The molecule has 0 fully saturated rings. The first kappa shape index (κ1) is 36.8. The van der Waals surface area contributed by atoms with Crippen molar-refractivity contribution in [2.24, 2.45) is 0 Å². The first-order valence-corrected chi connectivity index (χ1v) is 18.6. The zero-order valence-electron chi connectivity index (χ0n) is 30.7. The molecule has 2 nitrogen and oxygen atoms in total. The molecular formula is C53H36N2U. The van der Waals surface area contributed by atoms with Crippen LogP contribution in [0, 0.1) is 43.2 Å². The Labute approximate surface area is 353 Å². The van der Waals surface area contributed by atoms with E-state index in [0.29, 0.717) is 5.82 Å². The smallest absolute Gasteiger partial charge is 0.228 e. The number of aromatic nitrogens is 2. The van der Waals surface area contributed by atoms with E-state index in [4.69, 9.17) is 9.97 Å². The molecule has 0 amide bonds. The molecule has 262 valence electrons. The third-order valence-electron chi connectivity index (χ3n) is 10.3. The first-order chi connectivity index (χ1) is 27.3. The molecule has 0 aliphatic rings. The van der Waals surface area contributed by atoms with E-state index in [9.17, 15) is 0 Å². The molecule has 0 radical (unpaired) electrons. The van der Waals surface area contributed by atoms with Crippen molar-refractivity contribution in [2.75, 3.05) is 0 Å². The van der Waals surface area contributed by atoms with Gasteiger partial charge in [0.1, 0.15) is 0 Å². The summed E-state index contributed by atoms with van der Waals surface area (Å²) < 4.78 is 0. The van der Waals surface area contributed by atoms with Gasteiger partial charge in [-0.1, -0.05) is 164 Å². The van der Waals surface area contributed by atoms with E-state index in [1.165, 1.54) is 5.56 Å². The van der Waals surface area contributed by atoms with E-state index >= 15 is 0 Å². The Bertz CT molecular complexity index is 2570. The van der Waals surface area contributed by atoms with Crippen LogP contribution in [-0.4, -0.2) is 9.97 Å². The average Bonchev–Trinajstić information content (AvgIpc) is 3.28. The van der Waals surface area contributed by atoms with Crippen molar-refractivity contribution in [3.63, 3.8) is 0 Å². The quantitative estimate of drug-likeness (QED) is 0.106. The fourth-order valence-corrected chi connectivity index (χ4v) is 7.74. The van der Waals surface area contributed by atoms with Crippen LogP contribution in [0.1, 0.15) is 22.3 Å². The molecule has 0 bridgehead atoms. The molecule has 1 heterocycles. The summed E-state index contributed by atoms with van der Waals surface area (Å²) in [4.78, 5) is 10.5. The summed E-state index contributed by atoms with van der Waals surface area (Å²) in [6.07, 6.45) is 0. The van der Waals surface area contributed by atoms with Crippen molar-refractivity contribution in [3.8, 4) is 56.2 Å². The summed E-state index contributed by atoms with van der Waals surface area (Å²) in [6, 6.07) is 83.6. The fourth-order valence-electron chi connectivity index (χ4n) is 7.74. The van der Waals surface area contributed by atoms with E-state index < -0.39 is 5.41 Å². The minimum atomic E-state index is -0.722. The van der Waals surface area contributed by atoms with Crippen molar-refractivity contribution in [3.05, 3.63) is 253 Å². The molecule has 9 rings (SSSR count). The van der Waals surface area contributed by atoms with Gasteiger partial charge in [0, 0.05) is 22.1 Å². The van der Waals surface area contributed by atoms with E-state index in [1.54, 1.807) is 0 Å². The molecule has 0 N–H and O–H groups in total. The van der Waals surface area contributed by atoms with Crippen LogP contribution in [-0.2, 0) is 5.41 Å². The summed E-state index contributed by atoms with van der Waals surface area (Å²) >= 11 is 0. The summed E-state index contributed by atoms with van der Waals surface area (Å²) in [5, 5.41) is 0. The number of hydrogen-bond acceptors (Lipinski definition) is 2. The normalized spacial score (nSPS) is 11.1. The molecule has 0 saturated carbocycles. The second-order valence-electron chi connectivity index (χ2n) is 13.5. The summed E-state index contributed by atoms with van der Waals surface area (Å²) in [5.41, 5.74) is 12.9. The van der Waals surface area contributed by atoms with Crippen LogP contribution in [0.25, 0.3) is 56.2 Å². The van der Waals surface area contributed by atoms with Crippen LogP contribution >= 0.6 is 0 Å². The monoisotopic (exact) mass is 938 g/mol. The Balaban J connectivity index is 0.00000441. The molecule has 9 aromatic rings. The zero-order valence-corrected chi connectivity index (χ0v) is 34.8. The van der Waals surface area contributed by atoms with Gasteiger partial charge in [-0.25, -0.2) is 9.97 Å². The van der Waals surface area contributed by atoms with E-state index in [1.807, 2.05) is 48.5 Å². The largest absolute Gasteiger partial charge is 2.00 e. The van der Waals surface area contributed by atoms with Gasteiger partial charge >= 0.3 is 31.1 Å². The Morgan fingerprint density at radius 3 is 1.43 bits per heavy atom. The van der Waals surface area contributed by atoms with Crippen molar-refractivity contribution in [1.29, 1.82) is 0 Å². The summed E-state index contributed by atoms with van der Waals surface area (Å²) in [7, 11) is 0. The third kappa shape index (κ3) is 7.09. The van der Waals surface area contributed by atoms with Crippen LogP contribution in [0.4, 0.5) is 0 Å². The number of nitrogens with zero attached hydrogens (tertiary/aromatic N) is 2. The molecule has 1 aromatic heterocycles. The standard InChI is InChI=1S/C53H36N2.U/c1-6-20-39(21-7-1)40-34-36-41(37-35-40)50-38-51(55-52(54-50)42-22-8-2-9-23-42)48-32-17-16-30-46(48)47-31-18-19-33-49(47)53(43-24-10-3-11-25-43,44-26-12-4-13-27-44)45-28-14-5-15-29-45;/h1-26,28,30-38H;/q-2;+2. The van der Waals surface area contributed by atoms with Gasteiger partial charge in [-0.15, -0.1) is 11.1 Å². The number of hydrogen-bond donors (Lipinski definition) is 0. The predicted octanol–water partition coefficient (Wildman–Crippen LogP) is 12.8. The molecular weight excluding hydrogens is 903 g/mol. The molecule has 0 aliphatic heterocycles. The van der Waals surface area contributed by atoms with E-state index in [2.05, 4.69) is 182 Å². The third-order valence-corrected chi connectivity index (χ3v) is 10.3. The minimum Gasteiger partial charge on any atom is -0.228 e. The molecule has 0 spiro atoms. The van der Waals surface area contributed by atoms with Gasteiger partial charge in [0.15, 0.2) is 5.82 Å². The molecule has 0 atom stereocenters. The van der Waals surface area contributed by atoms with Crippen LogP contribution in [0.15, 0.2) is 218 Å². The van der Waals surface area contributed by atoms with Crippen LogP contribution < -0.4 is 0 Å². The fraction of sp³-hybridized carbons (Fsp3) is 0.0189. The maximum Gasteiger partial charge on any atom is 2.00 e. The molecule has 0 unspecified atom stereocenters. The molecule has 56 heavy (non-hydrogen) atoms. The van der Waals surface area contributed by atoms with Crippen LogP contribution in [0.5, 0.6) is 0 Å². The Morgan fingerprint density at radius 1 is 0.357 bits per heavy atom.